The third-order valence-electron chi connectivity index (χ3n) is 4.31. The highest BCUT2D eigenvalue weighted by Gasteiger charge is 2.15. The Morgan fingerprint density at radius 2 is 1.93 bits per heavy atom. The van der Waals surface area contributed by atoms with E-state index in [0.29, 0.717) is 5.57 Å². The summed E-state index contributed by atoms with van der Waals surface area (Å²) in [7, 11) is 0. The number of allylic oxidation sites excluding steroid dienone is 9. The molecule has 0 aliphatic carbocycles. The van der Waals surface area contributed by atoms with Crippen molar-refractivity contribution in [2.75, 3.05) is 5.32 Å². The molecule has 3 N–H and O–H groups in total. The monoisotopic (exact) mass is 402 g/mol. The highest BCUT2D eigenvalue weighted by Crippen LogP contribution is 2.30. The summed E-state index contributed by atoms with van der Waals surface area (Å²) in [6.45, 7) is 0. The Hall–Kier alpha value is -4.13. The van der Waals surface area contributed by atoms with E-state index in [0.717, 1.165) is 24.2 Å². The highest BCUT2D eigenvalue weighted by molar-refractivity contribution is 5.95. The molecule has 0 bridgehead atoms. The SMILES string of the molecule is NC(=O)C1=C/C=C\N=N\OO/C=C/C=C/C=C\CC2=C(\C=C\1)Nc1ccccc1C2. The maximum absolute atomic E-state index is 11.8. The van der Waals surface area contributed by atoms with E-state index in [2.05, 4.69) is 32.8 Å². The van der Waals surface area contributed by atoms with E-state index in [-0.39, 0.29) is 0 Å². The molecule has 1 amide bonds. The lowest BCUT2D eigenvalue weighted by Gasteiger charge is -2.22. The molecule has 1 aromatic carbocycles. The predicted molar refractivity (Wildman–Crippen MR) is 115 cm³/mol. The van der Waals surface area contributed by atoms with E-state index >= 15 is 0 Å². The van der Waals surface area contributed by atoms with Crippen LogP contribution in [0.25, 0.3) is 0 Å². The molecule has 3 rings (SSSR count). The van der Waals surface area contributed by atoms with Crippen LogP contribution in [-0.2, 0) is 21.1 Å². The zero-order chi connectivity index (χ0) is 21.0. The van der Waals surface area contributed by atoms with Gasteiger partial charge in [-0.25, -0.2) is 0 Å². The number of primary amides is 1. The van der Waals surface area contributed by atoms with Crippen molar-refractivity contribution < 1.29 is 14.7 Å². The van der Waals surface area contributed by atoms with Crippen LogP contribution in [0.1, 0.15) is 12.0 Å². The quantitative estimate of drug-likeness (QED) is 0.663. The fraction of sp³-hybridized carbons (Fsp3) is 0.0870. The molecule has 7 nitrogen and oxygen atoms in total. The fourth-order valence-corrected chi connectivity index (χ4v) is 2.86. The van der Waals surface area contributed by atoms with Crippen molar-refractivity contribution in [1.29, 1.82) is 0 Å². The number of carbonyl (C=O) groups excluding carboxylic acids is 1. The second kappa shape index (κ2) is 11.0. The number of para-hydroxylation sites is 1. The molecule has 152 valence electrons. The Kier molecular flexibility index (Phi) is 7.56. The maximum atomic E-state index is 11.8. The predicted octanol–water partition coefficient (Wildman–Crippen LogP) is 4.74. The fourth-order valence-electron chi connectivity index (χ4n) is 2.86. The number of anilines is 1. The lowest BCUT2D eigenvalue weighted by Crippen LogP contribution is -2.14. The zero-order valence-electron chi connectivity index (χ0n) is 16.3. The number of rotatable bonds is 1. The summed E-state index contributed by atoms with van der Waals surface area (Å²) >= 11 is 0. The number of hydrogen-bond acceptors (Lipinski definition) is 6. The number of amides is 1. The van der Waals surface area contributed by atoms with Crippen LogP contribution in [0.4, 0.5) is 5.69 Å². The number of carbonyl (C=O) groups is 1. The van der Waals surface area contributed by atoms with E-state index in [1.54, 1.807) is 24.3 Å². The second-order valence-corrected chi connectivity index (χ2v) is 6.35. The Labute approximate surface area is 174 Å². The minimum atomic E-state index is -0.549. The van der Waals surface area contributed by atoms with Gasteiger partial charge in [-0.3, -0.25) is 9.68 Å². The normalized spacial score (nSPS) is 24.9. The average Bonchev–Trinajstić information content (AvgIpc) is 2.75. The summed E-state index contributed by atoms with van der Waals surface area (Å²) in [5.74, 6) is -0.549. The Balaban J connectivity index is 1.93. The lowest BCUT2D eigenvalue weighted by atomic mass is 9.94. The summed E-state index contributed by atoms with van der Waals surface area (Å²) in [6, 6.07) is 8.16. The molecule has 2 aliphatic heterocycles. The van der Waals surface area contributed by atoms with Gasteiger partial charge < -0.3 is 11.1 Å². The van der Waals surface area contributed by atoms with Gasteiger partial charge in [-0.2, -0.15) is 0 Å². The second-order valence-electron chi connectivity index (χ2n) is 6.35. The minimum Gasteiger partial charge on any atom is -0.366 e. The van der Waals surface area contributed by atoms with E-state index in [9.17, 15) is 4.79 Å². The number of nitrogens with zero attached hydrogens (tertiary/aromatic N) is 2. The molecule has 0 radical (unpaired) electrons. The highest BCUT2D eigenvalue weighted by atomic mass is 17.3. The lowest BCUT2D eigenvalue weighted by molar-refractivity contribution is -0.256. The van der Waals surface area contributed by atoms with E-state index < -0.39 is 5.91 Å². The molecule has 2 heterocycles. The van der Waals surface area contributed by atoms with E-state index in [1.807, 2.05) is 36.4 Å². The molecule has 1 aromatic rings. The topological polar surface area (TPSA) is 98.3 Å². The van der Waals surface area contributed by atoms with Crippen molar-refractivity contribution in [3.63, 3.8) is 0 Å². The number of benzene rings is 1. The third kappa shape index (κ3) is 6.20. The third-order valence-corrected chi connectivity index (χ3v) is 4.31. The van der Waals surface area contributed by atoms with Gasteiger partial charge in [-0.1, -0.05) is 42.5 Å². The van der Waals surface area contributed by atoms with E-state index in [1.165, 1.54) is 29.7 Å². The van der Waals surface area contributed by atoms with Gasteiger partial charge >= 0.3 is 0 Å². The van der Waals surface area contributed by atoms with Crippen LogP contribution in [0.15, 0.2) is 119 Å². The minimum absolute atomic E-state index is 0.324. The van der Waals surface area contributed by atoms with Crippen LogP contribution in [0.3, 0.4) is 0 Å². The Morgan fingerprint density at radius 1 is 1.07 bits per heavy atom. The van der Waals surface area contributed by atoms with Crippen LogP contribution in [0.2, 0.25) is 0 Å². The molecular weight excluding hydrogens is 380 g/mol. The van der Waals surface area contributed by atoms with E-state index in [4.69, 9.17) is 10.6 Å². The maximum Gasteiger partial charge on any atom is 0.248 e. The van der Waals surface area contributed by atoms with Crippen molar-refractivity contribution in [1.82, 2.24) is 0 Å². The van der Waals surface area contributed by atoms with Crippen molar-refractivity contribution >= 4 is 11.6 Å². The first-order valence-electron chi connectivity index (χ1n) is 9.36. The van der Waals surface area contributed by atoms with Crippen LogP contribution in [-0.4, -0.2) is 5.91 Å². The molecule has 30 heavy (non-hydrogen) atoms. The molecule has 0 saturated heterocycles. The number of fused-ring (bicyclic) bond motifs is 1. The summed E-state index contributed by atoms with van der Waals surface area (Å²) < 4.78 is 0. The van der Waals surface area contributed by atoms with Crippen LogP contribution >= 0.6 is 0 Å². The summed E-state index contributed by atoms with van der Waals surface area (Å²) in [5, 5.41) is 10.4. The smallest absolute Gasteiger partial charge is 0.248 e. The van der Waals surface area contributed by atoms with Crippen LogP contribution in [0.5, 0.6) is 0 Å². The van der Waals surface area contributed by atoms with Crippen molar-refractivity contribution in [2.45, 2.75) is 12.8 Å². The molecule has 0 spiro atoms. The largest absolute Gasteiger partial charge is 0.366 e. The molecular formula is C23H22N4O3. The summed E-state index contributed by atoms with van der Waals surface area (Å²) in [5.41, 5.74) is 10.2. The molecule has 0 atom stereocenters. The molecule has 2 aliphatic rings. The first-order valence-corrected chi connectivity index (χ1v) is 9.36. The standard InChI is InChI=1S/C23H22N4O3/c24-23(28)18-11-8-15-25-27-30-29-16-7-3-1-2-4-9-20-17-19-10-5-6-12-21(19)26-22(20)14-13-18/h1-8,10-16,26H,9,17H2,(H2,24,28)/b3-1+,4-2-,14-13+,15-8-,16-7+,18-11+,27-25+. The van der Waals surface area contributed by atoms with Gasteiger partial charge in [0.15, 0.2) is 0 Å². The van der Waals surface area contributed by atoms with Crippen LogP contribution < -0.4 is 11.1 Å². The van der Waals surface area contributed by atoms with Crippen molar-refractivity contribution in [2.24, 2.45) is 16.1 Å². The van der Waals surface area contributed by atoms with Crippen molar-refractivity contribution in [3.8, 4) is 0 Å². The molecule has 0 unspecified atom stereocenters. The first kappa shape index (κ1) is 20.6. The molecule has 0 fully saturated rings. The molecule has 7 heteroatoms. The number of nitrogens with two attached hydrogens (primary N) is 1. The number of nitrogens with one attached hydrogen (secondary N) is 1. The average molecular weight is 402 g/mol. The Bertz CT molecular complexity index is 1010. The van der Waals surface area contributed by atoms with Gasteiger partial charge in [-0.15, -0.1) is 10.1 Å². The summed E-state index contributed by atoms with van der Waals surface area (Å²) in [6.07, 6.45) is 20.3. The van der Waals surface area contributed by atoms with Gasteiger partial charge in [-0.05, 0) is 60.4 Å². The van der Waals surface area contributed by atoms with Gasteiger partial charge in [0, 0.05) is 17.0 Å². The first-order chi connectivity index (χ1) is 14.7. The summed E-state index contributed by atoms with van der Waals surface area (Å²) in [4.78, 5) is 21.0. The molecule has 0 saturated carbocycles. The molecule has 0 aromatic heterocycles. The zero-order valence-corrected chi connectivity index (χ0v) is 16.3. The van der Waals surface area contributed by atoms with Crippen LogP contribution in [0, 0.1) is 0 Å². The van der Waals surface area contributed by atoms with Gasteiger partial charge in [0.2, 0.25) is 5.91 Å². The van der Waals surface area contributed by atoms with Gasteiger partial charge in [0.25, 0.3) is 0 Å². The number of hydrogen-bond donors (Lipinski definition) is 2. The van der Waals surface area contributed by atoms with Gasteiger partial charge in [0.1, 0.15) is 6.26 Å². The van der Waals surface area contributed by atoms with Gasteiger partial charge in [0.05, 0.1) is 11.5 Å². The Morgan fingerprint density at radius 3 is 2.83 bits per heavy atom. The van der Waals surface area contributed by atoms with Crippen molar-refractivity contribution in [3.05, 3.63) is 114 Å².